The highest BCUT2D eigenvalue weighted by molar-refractivity contribution is 7.10. The second kappa shape index (κ2) is 3.94. The highest BCUT2D eigenvalue weighted by atomic mass is 32.1. The molecule has 0 amide bonds. The van der Waals surface area contributed by atoms with Crippen LogP contribution in [0.15, 0.2) is 41.8 Å². The van der Waals surface area contributed by atoms with Gasteiger partial charge in [-0.05, 0) is 48.4 Å². The fourth-order valence-electron chi connectivity index (χ4n) is 3.77. The predicted molar refractivity (Wildman–Crippen MR) is 76.3 cm³/mol. The molecule has 1 nitrogen and oxygen atoms in total. The van der Waals surface area contributed by atoms with E-state index in [4.69, 9.17) is 0 Å². The van der Waals surface area contributed by atoms with Crippen molar-refractivity contribution in [3.8, 4) is 0 Å². The Labute approximate surface area is 112 Å². The maximum absolute atomic E-state index is 3.68. The van der Waals surface area contributed by atoms with E-state index >= 15 is 0 Å². The Hall–Kier alpha value is -1.12. The second-order valence-corrected chi connectivity index (χ2v) is 6.45. The Bertz CT molecular complexity index is 559. The molecule has 0 spiro atoms. The van der Waals surface area contributed by atoms with E-state index in [2.05, 4.69) is 47.1 Å². The van der Waals surface area contributed by atoms with Crippen LogP contribution in [0.5, 0.6) is 0 Å². The van der Waals surface area contributed by atoms with Crippen molar-refractivity contribution in [1.82, 2.24) is 5.32 Å². The van der Waals surface area contributed by atoms with Crippen LogP contribution in [0, 0.1) is 0 Å². The third kappa shape index (κ3) is 1.42. The van der Waals surface area contributed by atoms with Gasteiger partial charge in [0.2, 0.25) is 0 Å². The van der Waals surface area contributed by atoms with Crippen LogP contribution in [-0.4, -0.2) is 12.6 Å². The van der Waals surface area contributed by atoms with Crippen molar-refractivity contribution < 1.29 is 0 Å². The van der Waals surface area contributed by atoms with Gasteiger partial charge in [0.15, 0.2) is 0 Å². The van der Waals surface area contributed by atoms with Crippen molar-refractivity contribution >= 4 is 11.3 Å². The molecule has 2 aliphatic rings. The van der Waals surface area contributed by atoms with E-state index in [0.29, 0.717) is 11.5 Å². The van der Waals surface area contributed by atoms with Crippen LogP contribution in [0.25, 0.3) is 0 Å². The van der Waals surface area contributed by atoms with Gasteiger partial charge in [-0.1, -0.05) is 30.3 Å². The number of piperidine rings is 1. The quantitative estimate of drug-likeness (QED) is 0.824. The summed E-state index contributed by atoms with van der Waals surface area (Å²) in [6, 6.07) is 14.1. The zero-order valence-corrected chi connectivity index (χ0v) is 11.2. The molecule has 0 unspecified atom stereocenters. The largest absolute Gasteiger partial charge is 0.314 e. The molecule has 1 aliphatic carbocycles. The minimum absolute atomic E-state index is 0.291. The summed E-state index contributed by atoms with van der Waals surface area (Å²) < 4.78 is 0. The topological polar surface area (TPSA) is 12.0 Å². The predicted octanol–water partition coefficient (Wildman–Crippen LogP) is 3.34. The molecule has 18 heavy (non-hydrogen) atoms. The molecular formula is C16H17NS. The number of thiophene rings is 1. The van der Waals surface area contributed by atoms with Gasteiger partial charge in [0.05, 0.1) is 0 Å². The Morgan fingerprint density at radius 3 is 2.94 bits per heavy atom. The zero-order chi connectivity index (χ0) is 12.0. The summed E-state index contributed by atoms with van der Waals surface area (Å²) in [5.41, 5.74) is 3.38. The van der Waals surface area contributed by atoms with Gasteiger partial charge >= 0.3 is 0 Å². The number of fused-ring (bicyclic) bond motifs is 4. The minimum atomic E-state index is 0.291. The van der Waals surface area contributed by atoms with Crippen molar-refractivity contribution in [3.63, 3.8) is 0 Å². The standard InChI is InChI=1S/C16H17NS/c1-2-4-13(5-3-1)16-7-8-17-14(11-16)10-12-6-9-18-15(12)16/h1-6,9,14,17H,7-8,10-11H2/t14-,16-/m0/s1. The van der Waals surface area contributed by atoms with Crippen molar-refractivity contribution in [2.45, 2.75) is 30.7 Å². The van der Waals surface area contributed by atoms with Crippen LogP contribution >= 0.6 is 11.3 Å². The first-order valence-electron chi connectivity index (χ1n) is 6.74. The molecule has 0 saturated carbocycles. The van der Waals surface area contributed by atoms with Crippen LogP contribution in [0.4, 0.5) is 0 Å². The van der Waals surface area contributed by atoms with E-state index < -0.39 is 0 Å². The summed E-state index contributed by atoms with van der Waals surface area (Å²) in [6.07, 6.45) is 3.72. The number of hydrogen-bond acceptors (Lipinski definition) is 2. The van der Waals surface area contributed by atoms with Crippen LogP contribution in [0.1, 0.15) is 28.8 Å². The third-order valence-corrected chi connectivity index (χ3v) is 5.71. The lowest BCUT2D eigenvalue weighted by Gasteiger charge is -2.46. The Kier molecular flexibility index (Phi) is 2.36. The molecule has 1 aromatic heterocycles. The summed E-state index contributed by atoms with van der Waals surface area (Å²) in [4.78, 5) is 1.63. The average molecular weight is 255 g/mol. The molecule has 2 atom stereocenters. The minimum Gasteiger partial charge on any atom is -0.314 e. The van der Waals surface area contributed by atoms with Crippen molar-refractivity contribution in [3.05, 3.63) is 57.8 Å². The van der Waals surface area contributed by atoms with E-state index in [0.717, 1.165) is 6.54 Å². The Balaban J connectivity index is 1.93. The molecule has 1 saturated heterocycles. The van der Waals surface area contributed by atoms with Gasteiger partial charge in [-0.25, -0.2) is 0 Å². The van der Waals surface area contributed by atoms with Gasteiger partial charge in [-0.3, -0.25) is 0 Å². The molecule has 92 valence electrons. The highest BCUT2D eigenvalue weighted by Gasteiger charge is 2.44. The first-order valence-corrected chi connectivity index (χ1v) is 7.62. The lowest BCUT2D eigenvalue weighted by Crippen LogP contribution is -2.50. The van der Waals surface area contributed by atoms with E-state index in [9.17, 15) is 0 Å². The van der Waals surface area contributed by atoms with Crippen molar-refractivity contribution in [1.29, 1.82) is 0 Å². The first-order chi connectivity index (χ1) is 8.88. The summed E-state index contributed by atoms with van der Waals surface area (Å²) in [6.45, 7) is 1.15. The van der Waals surface area contributed by atoms with E-state index in [-0.39, 0.29) is 0 Å². The monoisotopic (exact) mass is 255 g/mol. The summed E-state index contributed by atoms with van der Waals surface area (Å²) in [7, 11) is 0. The molecule has 1 aromatic carbocycles. The second-order valence-electron chi connectivity index (χ2n) is 5.53. The lowest BCUT2D eigenvalue weighted by atomic mass is 9.65. The molecule has 1 fully saturated rings. The summed E-state index contributed by atoms with van der Waals surface area (Å²) in [5.74, 6) is 0. The van der Waals surface area contributed by atoms with Crippen molar-refractivity contribution in [2.24, 2.45) is 0 Å². The molecule has 0 radical (unpaired) electrons. The van der Waals surface area contributed by atoms with Crippen LogP contribution in [0.3, 0.4) is 0 Å². The van der Waals surface area contributed by atoms with Crippen LogP contribution in [0.2, 0.25) is 0 Å². The van der Waals surface area contributed by atoms with Crippen molar-refractivity contribution in [2.75, 3.05) is 6.54 Å². The van der Waals surface area contributed by atoms with Gasteiger partial charge in [0.25, 0.3) is 0 Å². The van der Waals surface area contributed by atoms with Gasteiger partial charge in [0, 0.05) is 16.3 Å². The third-order valence-electron chi connectivity index (χ3n) is 4.55. The maximum atomic E-state index is 3.68. The van der Waals surface area contributed by atoms with E-state index in [1.54, 1.807) is 10.4 Å². The molecule has 2 aromatic rings. The van der Waals surface area contributed by atoms with Crippen LogP contribution in [-0.2, 0) is 11.8 Å². The zero-order valence-electron chi connectivity index (χ0n) is 10.4. The van der Waals surface area contributed by atoms with Gasteiger partial charge < -0.3 is 5.32 Å². The molecular weight excluding hydrogens is 238 g/mol. The molecule has 1 aliphatic heterocycles. The van der Waals surface area contributed by atoms with E-state index in [1.165, 1.54) is 24.8 Å². The molecule has 2 bridgehead atoms. The van der Waals surface area contributed by atoms with Gasteiger partial charge in [-0.15, -0.1) is 11.3 Å². The Morgan fingerprint density at radius 1 is 1.17 bits per heavy atom. The van der Waals surface area contributed by atoms with Gasteiger partial charge in [-0.2, -0.15) is 0 Å². The number of hydrogen-bond donors (Lipinski definition) is 1. The smallest absolute Gasteiger partial charge is 0.0326 e. The molecule has 2 heterocycles. The molecule has 2 heteroatoms. The maximum Gasteiger partial charge on any atom is 0.0326 e. The number of benzene rings is 1. The summed E-state index contributed by atoms with van der Waals surface area (Å²) in [5, 5.41) is 5.95. The van der Waals surface area contributed by atoms with E-state index in [1.807, 2.05) is 11.3 Å². The Morgan fingerprint density at radius 2 is 2.06 bits per heavy atom. The summed E-state index contributed by atoms with van der Waals surface area (Å²) >= 11 is 1.96. The lowest BCUT2D eigenvalue weighted by molar-refractivity contribution is 0.274. The molecule has 4 rings (SSSR count). The normalized spacial score (nSPS) is 29.9. The molecule has 1 N–H and O–H groups in total. The first kappa shape index (κ1) is 10.8. The number of nitrogens with one attached hydrogen (secondary N) is 1. The highest BCUT2D eigenvalue weighted by Crippen LogP contribution is 2.49. The fourth-order valence-corrected chi connectivity index (χ4v) is 4.97. The van der Waals surface area contributed by atoms with Gasteiger partial charge in [0.1, 0.15) is 0 Å². The fraction of sp³-hybridized carbons (Fsp3) is 0.375. The number of rotatable bonds is 1. The SMILES string of the molecule is c1ccc([C@@]23CCN[C@@H](Cc4ccsc42)C3)cc1. The van der Waals surface area contributed by atoms with Crippen LogP contribution < -0.4 is 5.32 Å². The average Bonchev–Trinajstić information content (AvgIpc) is 2.89.